The summed E-state index contributed by atoms with van der Waals surface area (Å²) in [6.45, 7) is 0.565. The lowest BCUT2D eigenvalue weighted by atomic mass is 9.88. The van der Waals surface area contributed by atoms with Crippen LogP contribution in [0.5, 0.6) is 0 Å². The van der Waals surface area contributed by atoms with Crippen LogP contribution in [0.1, 0.15) is 58.4 Å². The normalized spacial score (nSPS) is 13.3. The van der Waals surface area contributed by atoms with E-state index >= 15 is 0 Å². The fourth-order valence-electron chi connectivity index (χ4n) is 4.24. The van der Waals surface area contributed by atoms with Gasteiger partial charge in [0.15, 0.2) is 5.69 Å². The summed E-state index contributed by atoms with van der Waals surface area (Å²) in [6.07, 6.45) is 2.96. The van der Waals surface area contributed by atoms with Gasteiger partial charge >= 0.3 is 0 Å². The highest BCUT2D eigenvalue weighted by molar-refractivity contribution is 5.93. The third kappa shape index (κ3) is 4.33. The first-order valence-electron chi connectivity index (χ1n) is 11.2. The molecule has 0 radical (unpaired) electrons. The van der Waals surface area contributed by atoms with E-state index in [-0.39, 0.29) is 11.8 Å². The third-order valence-electron chi connectivity index (χ3n) is 6.01. The molecule has 3 aromatic carbocycles. The molecule has 160 valence electrons. The zero-order valence-electron chi connectivity index (χ0n) is 17.9. The zero-order valence-corrected chi connectivity index (χ0v) is 17.9. The first-order valence-corrected chi connectivity index (χ1v) is 11.2. The Labute approximate surface area is 188 Å². The Kier molecular flexibility index (Phi) is 5.79. The number of amides is 1. The number of rotatable bonds is 8. The van der Waals surface area contributed by atoms with Crippen molar-refractivity contribution in [1.29, 1.82) is 0 Å². The number of carbonyl (C=O) groups excluding carboxylic acids is 1. The summed E-state index contributed by atoms with van der Waals surface area (Å²) in [5.74, 6) is 0.432. The van der Waals surface area contributed by atoms with E-state index in [1.807, 2.05) is 47.1 Å². The van der Waals surface area contributed by atoms with Crippen LogP contribution in [0.15, 0.2) is 91.0 Å². The van der Waals surface area contributed by atoms with E-state index in [9.17, 15) is 4.79 Å². The predicted octanol–water partition coefficient (Wildman–Crippen LogP) is 5.10. The molecule has 0 spiro atoms. The van der Waals surface area contributed by atoms with E-state index in [4.69, 9.17) is 0 Å². The Morgan fingerprint density at radius 3 is 2.00 bits per heavy atom. The molecular formula is C27H26N4O. The van der Waals surface area contributed by atoms with Crippen LogP contribution in [0, 0.1) is 0 Å². The van der Waals surface area contributed by atoms with Crippen LogP contribution < -0.4 is 5.32 Å². The number of hydrogen-bond donors (Lipinski definition) is 1. The predicted molar refractivity (Wildman–Crippen MR) is 125 cm³/mol. The van der Waals surface area contributed by atoms with Gasteiger partial charge in [0.25, 0.3) is 5.91 Å². The third-order valence-corrected chi connectivity index (χ3v) is 6.01. The molecule has 1 amide bonds. The largest absolute Gasteiger partial charge is 0.351 e. The maximum absolute atomic E-state index is 13.1. The van der Waals surface area contributed by atoms with Crippen molar-refractivity contribution in [2.45, 2.75) is 31.1 Å². The molecule has 0 saturated heterocycles. The molecule has 1 aromatic heterocycles. The van der Waals surface area contributed by atoms with Gasteiger partial charge in [0.05, 0.1) is 11.4 Å². The van der Waals surface area contributed by atoms with Gasteiger partial charge in [-0.25, -0.2) is 4.68 Å². The van der Waals surface area contributed by atoms with Crippen molar-refractivity contribution < 1.29 is 4.79 Å². The Bertz CT molecular complexity index is 1130. The molecule has 5 heteroatoms. The van der Waals surface area contributed by atoms with E-state index < -0.39 is 0 Å². The van der Waals surface area contributed by atoms with Crippen molar-refractivity contribution in [2.24, 2.45) is 0 Å². The van der Waals surface area contributed by atoms with E-state index in [2.05, 4.69) is 64.2 Å². The van der Waals surface area contributed by atoms with Gasteiger partial charge in [-0.15, -0.1) is 5.10 Å². The van der Waals surface area contributed by atoms with Gasteiger partial charge in [-0.1, -0.05) is 84.1 Å². The number of para-hydroxylation sites is 1. The number of carbonyl (C=O) groups is 1. The molecule has 1 aliphatic carbocycles. The van der Waals surface area contributed by atoms with Crippen LogP contribution in [0.4, 0.5) is 0 Å². The molecule has 5 nitrogen and oxygen atoms in total. The fourth-order valence-corrected chi connectivity index (χ4v) is 4.24. The molecule has 1 aliphatic rings. The Morgan fingerprint density at radius 1 is 0.875 bits per heavy atom. The lowest BCUT2D eigenvalue weighted by molar-refractivity contribution is 0.0946. The highest BCUT2D eigenvalue weighted by Crippen LogP contribution is 2.42. The van der Waals surface area contributed by atoms with Crippen LogP contribution >= 0.6 is 0 Å². The summed E-state index contributed by atoms with van der Waals surface area (Å²) in [7, 11) is 0. The lowest BCUT2D eigenvalue weighted by Crippen LogP contribution is -2.27. The lowest BCUT2D eigenvalue weighted by Gasteiger charge is -2.18. The molecule has 1 fully saturated rings. The van der Waals surface area contributed by atoms with Crippen molar-refractivity contribution in [3.8, 4) is 5.69 Å². The number of hydrogen-bond acceptors (Lipinski definition) is 3. The summed E-state index contributed by atoms with van der Waals surface area (Å²) in [5, 5.41) is 11.7. The van der Waals surface area contributed by atoms with Gasteiger partial charge in [-0.3, -0.25) is 4.79 Å². The SMILES string of the molecule is O=C(NCCC(c1ccccc1)c1ccccc1)c1nnn(-c2ccccc2)c1C1CC1. The Hall–Kier alpha value is -3.73. The number of benzene rings is 3. The molecule has 1 saturated carbocycles. The molecule has 1 heterocycles. The standard InChI is InChI=1S/C27H26N4O/c32-27(25-26(22-16-17-22)31(30-29-25)23-14-8-3-9-15-23)28-19-18-24(20-10-4-1-5-11-20)21-12-6-2-7-13-21/h1-15,22,24H,16-19H2,(H,28,32). The summed E-state index contributed by atoms with van der Waals surface area (Å²) in [5.41, 5.74) is 4.82. The molecule has 1 N–H and O–H groups in total. The van der Waals surface area contributed by atoms with Gasteiger partial charge in [0, 0.05) is 18.4 Å². The Morgan fingerprint density at radius 2 is 1.44 bits per heavy atom. The molecule has 4 aromatic rings. The zero-order chi connectivity index (χ0) is 21.8. The van der Waals surface area contributed by atoms with Gasteiger partial charge in [0.1, 0.15) is 0 Å². The second-order valence-corrected chi connectivity index (χ2v) is 8.26. The average molecular weight is 423 g/mol. The maximum atomic E-state index is 13.1. The van der Waals surface area contributed by atoms with Gasteiger partial charge < -0.3 is 5.32 Å². The van der Waals surface area contributed by atoms with E-state index in [0.717, 1.165) is 30.6 Å². The van der Waals surface area contributed by atoms with Crippen molar-refractivity contribution in [2.75, 3.05) is 6.54 Å². The van der Waals surface area contributed by atoms with E-state index in [0.29, 0.717) is 18.2 Å². The topological polar surface area (TPSA) is 59.8 Å². The first kappa shape index (κ1) is 20.2. The molecular weight excluding hydrogens is 396 g/mol. The second kappa shape index (κ2) is 9.18. The minimum absolute atomic E-state index is 0.144. The van der Waals surface area contributed by atoms with Crippen LogP contribution in [0.25, 0.3) is 5.69 Å². The highest BCUT2D eigenvalue weighted by atomic mass is 16.2. The first-order chi connectivity index (χ1) is 15.8. The fraction of sp³-hybridized carbons (Fsp3) is 0.222. The highest BCUT2D eigenvalue weighted by Gasteiger charge is 2.34. The summed E-state index contributed by atoms with van der Waals surface area (Å²) in [4.78, 5) is 13.1. The monoisotopic (exact) mass is 422 g/mol. The molecule has 0 aliphatic heterocycles. The van der Waals surface area contributed by atoms with Crippen molar-refractivity contribution in [3.05, 3.63) is 114 Å². The van der Waals surface area contributed by atoms with Crippen LogP contribution in [0.3, 0.4) is 0 Å². The number of nitrogens with one attached hydrogen (secondary N) is 1. The quantitative estimate of drug-likeness (QED) is 0.430. The molecule has 32 heavy (non-hydrogen) atoms. The van der Waals surface area contributed by atoms with Crippen molar-refractivity contribution in [3.63, 3.8) is 0 Å². The smallest absolute Gasteiger partial charge is 0.273 e. The number of aromatic nitrogens is 3. The summed E-state index contributed by atoms with van der Waals surface area (Å²) in [6, 6.07) is 30.8. The maximum Gasteiger partial charge on any atom is 0.273 e. The minimum Gasteiger partial charge on any atom is -0.351 e. The van der Waals surface area contributed by atoms with Crippen molar-refractivity contribution >= 4 is 5.91 Å². The van der Waals surface area contributed by atoms with Crippen LogP contribution in [-0.4, -0.2) is 27.4 Å². The molecule has 0 atom stereocenters. The van der Waals surface area contributed by atoms with Crippen LogP contribution in [0.2, 0.25) is 0 Å². The van der Waals surface area contributed by atoms with Gasteiger partial charge in [0.2, 0.25) is 0 Å². The van der Waals surface area contributed by atoms with Gasteiger partial charge in [-0.05, 0) is 42.5 Å². The van der Waals surface area contributed by atoms with Crippen molar-refractivity contribution in [1.82, 2.24) is 20.3 Å². The molecule has 0 bridgehead atoms. The van der Waals surface area contributed by atoms with E-state index in [1.165, 1.54) is 11.1 Å². The minimum atomic E-state index is -0.144. The summed E-state index contributed by atoms with van der Waals surface area (Å²) < 4.78 is 1.82. The number of nitrogens with zero attached hydrogens (tertiary/aromatic N) is 3. The van der Waals surface area contributed by atoms with E-state index in [1.54, 1.807) is 0 Å². The Balaban J connectivity index is 1.32. The second-order valence-electron chi connectivity index (χ2n) is 8.26. The average Bonchev–Trinajstić information content (AvgIpc) is 3.60. The molecule has 5 rings (SSSR count). The van der Waals surface area contributed by atoms with Gasteiger partial charge in [-0.2, -0.15) is 0 Å². The van der Waals surface area contributed by atoms with Crippen LogP contribution in [-0.2, 0) is 0 Å². The molecule has 0 unspecified atom stereocenters. The summed E-state index contributed by atoms with van der Waals surface area (Å²) >= 11 is 0.